The van der Waals surface area contributed by atoms with Crippen LogP contribution < -0.4 is 0 Å². The number of hydrogen-bond acceptors (Lipinski definition) is 3. The molecule has 0 saturated heterocycles. The Morgan fingerprint density at radius 3 is 3.36 bits per heavy atom. The van der Waals surface area contributed by atoms with Crippen molar-refractivity contribution in [2.75, 3.05) is 6.61 Å². The summed E-state index contributed by atoms with van der Waals surface area (Å²) < 4.78 is 5.25. The summed E-state index contributed by atoms with van der Waals surface area (Å²) in [6, 6.07) is 0. The van der Waals surface area contributed by atoms with Crippen LogP contribution >= 0.6 is 11.3 Å². The predicted octanol–water partition coefficient (Wildman–Crippen LogP) is 1.63. The first-order valence-electron chi connectivity index (χ1n) is 3.54. The highest BCUT2D eigenvalue weighted by Gasteiger charge is 2.14. The third-order valence-electron chi connectivity index (χ3n) is 1.87. The van der Waals surface area contributed by atoms with Crippen molar-refractivity contribution in [3.8, 4) is 0 Å². The van der Waals surface area contributed by atoms with Gasteiger partial charge in [-0.15, -0.1) is 11.3 Å². The number of carbonyl (C=O) groups is 1. The van der Waals surface area contributed by atoms with Crippen molar-refractivity contribution in [3.05, 3.63) is 21.4 Å². The monoisotopic (exact) mass is 168 g/mol. The van der Waals surface area contributed by atoms with E-state index in [0.717, 1.165) is 24.9 Å². The molecule has 0 unspecified atom stereocenters. The fourth-order valence-electron chi connectivity index (χ4n) is 1.28. The largest absolute Gasteiger partial charge is 0.376 e. The summed E-state index contributed by atoms with van der Waals surface area (Å²) in [6.45, 7) is 1.44. The Labute approximate surface area is 68.8 Å². The highest BCUT2D eigenvalue weighted by Crippen LogP contribution is 2.25. The first-order chi connectivity index (χ1) is 5.42. The lowest BCUT2D eigenvalue weighted by molar-refractivity contribution is 0.109. The normalized spacial score (nSPS) is 16.0. The molecular weight excluding hydrogens is 160 g/mol. The summed E-state index contributed by atoms with van der Waals surface area (Å²) in [7, 11) is 0. The minimum absolute atomic E-state index is 0.688. The molecule has 11 heavy (non-hydrogen) atoms. The molecule has 1 aromatic heterocycles. The van der Waals surface area contributed by atoms with Gasteiger partial charge < -0.3 is 4.74 Å². The summed E-state index contributed by atoms with van der Waals surface area (Å²) in [5.41, 5.74) is 2.06. The van der Waals surface area contributed by atoms with E-state index in [9.17, 15) is 4.79 Å². The molecule has 1 aromatic rings. The van der Waals surface area contributed by atoms with E-state index >= 15 is 0 Å². The number of thiophene rings is 1. The summed E-state index contributed by atoms with van der Waals surface area (Å²) in [5.74, 6) is 0. The molecule has 0 aliphatic carbocycles. The topological polar surface area (TPSA) is 26.3 Å². The van der Waals surface area contributed by atoms with Gasteiger partial charge in [-0.05, 0) is 12.0 Å². The quantitative estimate of drug-likeness (QED) is 0.596. The standard InChI is InChI=1S/C8H8O2S/c9-3-6-5-11-8-4-10-2-1-7(6)8/h3,5H,1-2,4H2. The fraction of sp³-hybridized carbons (Fsp3) is 0.375. The summed E-state index contributed by atoms with van der Waals surface area (Å²) in [4.78, 5) is 11.7. The molecule has 0 N–H and O–H groups in total. The van der Waals surface area contributed by atoms with Gasteiger partial charge in [-0.1, -0.05) is 0 Å². The molecule has 1 aliphatic heterocycles. The molecule has 0 amide bonds. The molecule has 1 aliphatic rings. The van der Waals surface area contributed by atoms with Crippen molar-refractivity contribution >= 4 is 17.6 Å². The Bertz CT molecular complexity index is 278. The van der Waals surface area contributed by atoms with Crippen LogP contribution in [0.1, 0.15) is 20.8 Å². The van der Waals surface area contributed by atoms with E-state index in [1.54, 1.807) is 11.3 Å². The zero-order valence-electron chi connectivity index (χ0n) is 6.00. The number of fused-ring (bicyclic) bond motifs is 1. The van der Waals surface area contributed by atoms with Crippen LogP contribution in [-0.2, 0) is 17.8 Å². The van der Waals surface area contributed by atoms with Crippen molar-refractivity contribution in [2.45, 2.75) is 13.0 Å². The highest BCUT2D eigenvalue weighted by atomic mass is 32.1. The van der Waals surface area contributed by atoms with E-state index in [1.807, 2.05) is 5.38 Å². The molecule has 0 atom stereocenters. The molecule has 0 fully saturated rings. The van der Waals surface area contributed by atoms with Crippen LogP contribution in [0.25, 0.3) is 0 Å². The lowest BCUT2D eigenvalue weighted by Gasteiger charge is -2.11. The van der Waals surface area contributed by atoms with Gasteiger partial charge in [0.15, 0.2) is 6.29 Å². The molecule has 0 aromatic carbocycles. The van der Waals surface area contributed by atoms with Crippen molar-refractivity contribution in [3.63, 3.8) is 0 Å². The second kappa shape index (κ2) is 2.75. The molecule has 0 saturated carbocycles. The van der Waals surface area contributed by atoms with E-state index < -0.39 is 0 Å². The minimum Gasteiger partial charge on any atom is -0.376 e. The van der Waals surface area contributed by atoms with Crippen LogP contribution in [0.15, 0.2) is 5.38 Å². The van der Waals surface area contributed by atoms with E-state index in [2.05, 4.69) is 0 Å². The molecule has 3 heteroatoms. The van der Waals surface area contributed by atoms with Crippen LogP contribution in [0.4, 0.5) is 0 Å². The highest BCUT2D eigenvalue weighted by molar-refractivity contribution is 7.10. The average molecular weight is 168 g/mol. The second-order valence-electron chi connectivity index (χ2n) is 2.51. The number of ether oxygens (including phenoxy) is 1. The number of aldehydes is 1. The van der Waals surface area contributed by atoms with Gasteiger partial charge in [0.2, 0.25) is 0 Å². The van der Waals surface area contributed by atoms with Gasteiger partial charge >= 0.3 is 0 Å². The summed E-state index contributed by atoms with van der Waals surface area (Å²) in [5, 5.41) is 1.91. The van der Waals surface area contributed by atoms with Crippen molar-refractivity contribution in [1.29, 1.82) is 0 Å². The maximum absolute atomic E-state index is 10.5. The maximum atomic E-state index is 10.5. The van der Waals surface area contributed by atoms with E-state index in [4.69, 9.17) is 4.74 Å². The smallest absolute Gasteiger partial charge is 0.151 e. The number of rotatable bonds is 1. The van der Waals surface area contributed by atoms with Crippen molar-refractivity contribution < 1.29 is 9.53 Å². The zero-order chi connectivity index (χ0) is 7.68. The van der Waals surface area contributed by atoms with E-state index in [-0.39, 0.29) is 0 Å². The molecule has 0 radical (unpaired) electrons. The molecule has 58 valence electrons. The average Bonchev–Trinajstić information content (AvgIpc) is 2.47. The van der Waals surface area contributed by atoms with Gasteiger partial charge in [0.25, 0.3) is 0 Å². The Balaban J connectivity index is 2.45. The Kier molecular flexibility index (Phi) is 1.75. The van der Waals surface area contributed by atoms with Crippen LogP contribution in [0.3, 0.4) is 0 Å². The first kappa shape index (κ1) is 7.00. The predicted molar refractivity (Wildman–Crippen MR) is 43.1 cm³/mol. The van der Waals surface area contributed by atoms with Gasteiger partial charge in [-0.25, -0.2) is 0 Å². The van der Waals surface area contributed by atoms with Gasteiger partial charge in [0.1, 0.15) is 0 Å². The molecular formula is C8H8O2S. The molecule has 2 rings (SSSR count). The van der Waals surface area contributed by atoms with E-state index in [0.29, 0.717) is 6.61 Å². The molecule has 2 heterocycles. The van der Waals surface area contributed by atoms with Crippen LogP contribution in [-0.4, -0.2) is 12.9 Å². The van der Waals surface area contributed by atoms with Gasteiger partial charge in [-0.2, -0.15) is 0 Å². The number of carbonyl (C=O) groups excluding carboxylic acids is 1. The Morgan fingerprint density at radius 1 is 1.64 bits per heavy atom. The van der Waals surface area contributed by atoms with Crippen LogP contribution in [0.5, 0.6) is 0 Å². The third-order valence-corrected chi connectivity index (χ3v) is 2.89. The van der Waals surface area contributed by atoms with E-state index in [1.165, 1.54) is 10.4 Å². The third kappa shape index (κ3) is 1.10. The maximum Gasteiger partial charge on any atom is 0.151 e. The second-order valence-corrected chi connectivity index (χ2v) is 3.48. The lowest BCUT2D eigenvalue weighted by atomic mass is 10.1. The van der Waals surface area contributed by atoms with Crippen molar-refractivity contribution in [1.82, 2.24) is 0 Å². The fourth-order valence-corrected chi connectivity index (χ4v) is 2.26. The first-order valence-corrected chi connectivity index (χ1v) is 4.42. The number of hydrogen-bond donors (Lipinski definition) is 0. The van der Waals surface area contributed by atoms with Crippen LogP contribution in [0.2, 0.25) is 0 Å². The molecule has 0 bridgehead atoms. The SMILES string of the molecule is O=Cc1csc2c1CCOC2. The lowest BCUT2D eigenvalue weighted by Crippen LogP contribution is -2.08. The van der Waals surface area contributed by atoms with Gasteiger partial charge in [0.05, 0.1) is 13.2 Å². The molecule has 0 spiro atoms. The van der Waals surface area contributed by atoms with Gasteiger partial charge in [-0.3, -0.25) is 4.79 Å². The zero-order valence-corrected chi connectivity index (χ0v) is 6.82. The minimum atomic E-state index is 0.688. The van der Waals surface area contributed by atoms with Crippen molar-refractivity contribution in [2.24, 2.45) is 0 Å². The summed E-state index contributed by atoms with van der Waals surface area (Å²) in [6.07, 6.45) is 1.83. The molecule has 2 nitrogen and oxygen atoms in total. The Hall–Kier alpha value is -0.670. The van der Waals surface area contributed by atoms with Gasteiger partial charge in [0, 0.05) is 15.8 Å². The van der Waals surface area contributed by atoms with Crippen LogP contribution in [0, 0.1) is 0 Å². The summed E-state index contributed by atoms with van der Waals surface area (Å²) >= 11 is 1.62. The Morgan fingerprint density at radius 2 is 2.55 bits per heavy atom.